The third-order valence-electron chi connectivity index (χ3n) is 3.26. The number of hydrogen-bond acceptors (Lipinski definition) is 6. The topological polar surface area (TPSA) is 87.3 Å². The Bertz CT molecular complexity index is 470. The highest BCUT2D eigenvalue weighted by molar-refractivity contribution is 5.93. The van der Waals surface area contributed by atoms with Crippen molar-refractivity contribution in [1.82, 2.24) is 9.97 Å². The quantitative estimate of drug-likeness (QED) is 0.836. The van der Waals surface area contributed by atoms with Crippen molar-refractivity contribution < 1.29 is 14.3 Å². The Kier molecular flexibility index (Phi) is 3.99. The Balaban J connectivity index is 2.25. The Morgan fingerprint density at radius 1 is 1.58 bits per heavy atom. The van der Waals surface area contributed by atoms with Crippen molar-refractivity contribution in [1.29, 1.82) is 0 Å². The van der Waals surface area contributed by atoms with E-state index in [0.717, 1.165) is 19.3 Å². The first-order chi connectivity index (χ1) is 9.07. The predicted octanol–water partition coefficient (Wildman–Crippen LogP) is 1.65. The van der Waals surface area contributed by atoms with Gasteiger partial charge < -0.3 is 15.2 Å². The first-order valence-electron chi connectivity index (χ1n) is 6.51. The molecule has 6 nitrogen and oxygen atoms in total. The van der Waals surface area contributed by atoms with Gasteiger partial charge in [0.15, 0.2) is 5.82 Å². The van der Waals surface area contributed by atoms with Crippen molar-refractivity contribution in [2.24, 2.45) is 0 Å². The highest BCUT2D eigenvalue weighted by Gasteiger charge is 2.33. The van der Waals surface area contributed by atoms with E-state index in [2.05, 4.69) is 9.97 Å². The molecule has 2 N–H and O–H groups in total. The summed E-state index contributed by atoms with van der Waals surface area (Å²) < 4.78 is 10.6. The minimum Gasteiger partial charge on any atom is -0.462 e. The van der Waals surface area contributed by atoms with Crippen LogP contribution < -0.4 is 5.73 Å². The van der Waals surface area contributed by atoms with Crippen LogP contribution in [-0.4, -0.2) is 29.2 Å². The third-order valence-corrected chi connectivity index (χ3v) is 3.26. The molecular weight excluding hydrogens is 246 g/mol. The Labute approximate surface area is 112 Å². The molecule has 1 aromatic rings. The minimum atomic E-state index is -0.514. The van der Waals surface area contributed by atoms with E-state index in [1.807, 2.05) is 6.92 Å². The Hall–Kier alpha value is -1.69. The number of nitrogens with zero attached hydrogens (tertiary/aromatic N) is 2. The molecule has 19 heavy (non-hydrogen) atoms. The molecule has 0 radical (unpaired) electrons. The number of anilines is 1. The van der Waals surface area contributed by atoms with Crippen LogP contribution in [0, 0.1) is 0 Å². The fraction of sp³-hybridized carbons (Fsp3) is 0.615. The number of carbonyl (C=O) groups excluding carboxylic acids is 1. The van der Waals surface area contributed by atoms with Crippen LogP contribution in [0.5, 0.6) is 0 Å². The molecule has 0 aliphatic carbocycles. The molecule has 1 atom stereocenters. The van der Waals surface area contributed by atoms with E-state index in [1.54, 1.807) is 6.92 Å². The van der Waals surface area contributed by atoms with Crippen molar-refractivity contribution in [2.75, 3.05) is 18.9 Å². The van der Waals surface area contributed by atoms with Gasteiger partial charge in [-0.25, -0.2) is 14.8 Å². The fourth-order valence-electron chi connectivity index (χ4n) is 2.13. The summed E-state index contributed by atoms with van der Waals surface area (Å²) in [5.41, 5.74) is 5.50. The molecule has 0 bridgehead atoms. The summed E-state index contributed by atoms with van der Waals surface area (Å²) in [5.74, 6) is 0.165. The largest absolute Gasteiger partial charge is 0.462 e. The van der Waals surface area contributed by atoms with E-state index < -0.39 is 11.6 Å². The van der Waals surface area contributed by atoms with Gasteiger partial charge in [0.05, 0.1) is 6.61 Å². The van der Waals surface area contributed by atoms with Gasteiger partial charge in [0, 0.05) is 12.8 Å². The molecule has 1 aliphatic heterocycles. The minimum absolute atomic E-state index is 0.138. The summed E-state index contributed by atoms with van der Waals surface area (Å²) in [4.78, 5) is 20.1. The molecule has 0 amide bonds. The summed E-state index contributed by atoms with van der Waals surface area (Å²) >= 11 is 0. The molecule has 1 unspecified atom stereocenters. The van der Waals surface area contributed by atoms with Gasteiger partial charge in [-0.1, -0.05) is 0 Å². The van der Waals surface area contributed by atoms with Gasteiger partial charge in [-0.05, 0) is 33.1 Å². The summed E-state index contributed by atoms with van der Waals surface area (Å²) in [6.45, 7) is 4.67. The highest BCUT2D eigenvalue weighted by atomic mass is 16.5. The second-order valence-electron chi connectivity index (χ2n) is 4.75. The average molecular weight is 265 g/mol. The molecule has 0 spiro atoms. The van der Waals surface area contributed by atoms with Crippen molar-refractivity contribution in [2.45, 2.75) is 38.7 Å². The van der Waals surface area contributed by atoms with Crippen LogP contribution in [0.3, 0.4) is 0 Å². The van der Waals surface area contributed by atoms with Gasteiger partial charge >= 0.3 is 5.97 Å². The summed E-state index contributed by atoms with van der Waals surface area (Å²) in [6, 6.07) is 0. The van der Waals surface area contributed by atoms with Crippen LogP contribution in [-0.2, 0) is 15.1 Å². The molecule has 0 saturated carbocycles. The number of carbonyl (C=O) groups is 1. The van der Waals surface area contributed by atoms with Gasteiger partial charge in [0.1, 0.15) is 17.0 Å². The van der Waals surface area contributed by atoms with Gasteiger partial charge in [-0.3, -0.25) is 0 Å². The number of esters is 1. The number of hydrogen-bond donors (Lipinski definition) is 1. The fourth-order valence-corrected chi connectivity index (χ4v) is 2.13. The Morgan fingerprint density at radius 2 is 2.37 bits per heavy atom. The van der Waals surface area contributed by atoms with Crippen LogP contribution in [0.1, 0.15) is 49.3 Å². The van der Waals surface area contributed by atoms with E-state index >= 15 is 0 Å². The van der Waals surface area contributed by atoms with E-state index in [9.17, 15) is 4.79 Å². The summed E-state index contributed by atoms with van der Waals surface area (Å²) in [6.07, 6.45) is 4.38. The van der Waals surface area contributed by atoms with E-state index in [0.29, 0.717) is 19.0 Å². The van der Waals surface area contributed by atoms with Crippen molar-refractivity contribution in [3.05, 3.63) is 17.6 Å². The number of ether oxygens (including phenoxy) is 2. The SMILES string of the molecule is CCOC(=O)c1cnc(C2(C)CCCCO2)nc1N. The van der Waals surface area contributed by atoms with E-state index in [1.165, 1.54) is 6.20 Å². The van der Waals surface area contributed by atoms with Crippen molar-refractivity contribution >= 4 is 11.8 Å². The van der Waals surface area contributed by atoms with Crippen LogP contribution in [0.15, 0.2) is 6.20 Å². The average Bonchev–Trinajstić information content (AvgIpc) is 2.39. The molecule has 1 fully saturated rings. The first kappa shape index (κ1) is 13.7. The standard InChI is InChI=1S/C13H19N3O3/c1-3-18-11(17)9-8-15-12(16-10(9)14)13(2)6-4-5-7-19-13/h8H,3-7H2,1-2H3,(H2,14,15,16). The first-order valence-corrected chi connectivity index (χ1v) is 6.51. The van der Waals surface area contributed by atoms with Crippen LogP contribution >= 0.6 is 0 Å². The lowest BCUT2D eigenvalue weighted by molar-refractivity contribution is -0.0760. The second-order valence-corrected chi connectivity index (χ2v) is 4.75. The summed E-state index contributed by atoms with van der Waals surface area (Å²) in [5, 5.41) is 0. The maximum atomic E-state index is 11.6. The zero-order chi connectivity index (χ0) is 13.9. The van der Waals surface area contributed by atoms with E-state index in [4.69, 9.17) is 15.2 Å². The monoisotopic (exact) mass is 265 g/mol. The molecule has 0 aromatic carbocycles. The van der Waals surface area contributed by atoms with Gasteiger partial charge in [-0.15, -0.1) is 0 Å². The number of aromatic nitrogens is 2. The molecule has 6 heteroatoms. The molecule has 2 heterocycles. The molecular formula is C13H19N3O3. The third kappa shape index (κ3) is 2.84. The normalized spacial score (nSPS) is 23.1. The lowest BCUT2D eigenvalue weighted by Crippen LogP contribution is -2.32. The number of nitrogens with two attached hydrogens (primary N) is 1. The zero-order valence-electron chi connectivity index (χ0n) is 11.3. The number of rotatable bonds is 3. The van der Waals surface area contributed by atoms with E-state index in [-0.39, 0.29) is 11.4 Å². The molecule has 2 rings (SSSR count). The van der Waals surface area contributed by atoms with Crippen LogP contribution in [0.25, 0.3) is 0 Å². The molecule has 1 saturated heterocycles. The van der Waals surface area contributed by atoms with Crippen LogP contribution in [0.4, 0.5) is 5.82 Å². The lowest BCUT2D eigenvalue weighted by Gasteiger charge is -2.32. The molecule has 104 valence electrons. The van der Waals surface area contributed by atoms with Crippen LogP contribution in [0.2, 0.25) is 0 Å². The predicted molar refractivity (Wildman–Crippen MR) is 69.6 cm³/mol. The lowest BCUT2D eigenvalue weighted by atomic mass is 9.95. The maximum absolute atomic E-state index is 11.6. The van der Waals surface area contributed by atoms with Crippen molar-refractivity contribution in [3.63, 3.8) is 0 Å². The van der Waals surface area contributed by atoms with Gasteiger partial charge in [0.25, 0.3) is 0 Å². The van der Waals surface area contributed by atoms with Crippen molar-refractivity contribution in [3.8, 4) is 0 Å². The molecule has 1 aliphatic rings. The second kappa shape index (κ2) is 5.52. The van der Waals surface area contributed by atoms with Gasteiger partial charge in [-0.2, -0.15) is 0 Å². The van der Waals surface area contributed by atoms with Gasteiger partial charge in [0.2, 0.25) is 0 Å². The number of nitrogen functional groups attached to an aromatic ring is 1. The maximum Gasteiger partial charge on any atom is 0.343 e. The smallest absolute Gasteiger partial charge is 0.343 e. The Morgan fingerprint density at radius 3 is 2.95 bits per heavy atom. The zero-order valence-corrected chi connectivity index (χ0v) is 11.3. The highest BCUT2D eigenvalue weighted by Crippen LogP contribution is 2.32. The molecule has 1 aromatic heterocycles. The summed E-state index contributed by atoms with van der Waals surface area (Å²) in [7, 11) is 0.